The van der Waals surface area contributed by atoms with E-state index in [4.69, 9.17) is 0 Å². The van der Waals surface area contributed by atoms with Gasteiger partial charge in [-0.15, -0.1) is 0 Å². The number of rotatable bonds is 4. The molecule has 1 aliphatic heterocycles. The smallest absolute Gasteiger partial charge is 0.325 e. The molecule has 0 aromatic heterocycles. The van der Waals surface area contributed by atoms with E-state index in [0.29, 0.717) is 6.42 Å². The second-order valence-electron chi connectivity index (χ2n) is 4.87. The molecule has 7 heteroatoms. The van der Waals surface area contributed by atoms with Crippen LogP contribution in [0.1, 0.15) is 19.3 Å². The van der Waals surface area contributed by atoms with E-state index >= 15 is 0 Å². The third-order valence-corrected chi connectivity index (χ3v) is 5.14. The van der Waals surface area contributed by atoms with Crippen LogP contribution in [0, 0.1) is 5.92 Å². The second-order valence-corrected chi connectivity index (χ2v) is 7.10. The molecule has 6 nitrogen and oxygen atoms in total. The van der Waals surface area contributed by atoms with E-state index in [0.717, 1.165) is 12.8 Å². The third kappa shape index (κ3) is 3.01. The minimum atomic E-state index is -3.07. The summed E-state index contributed by atoms with van der Waals surface area (Å²) in [7, 11) is -1.81. The summed E-state index contributed by atoms with van der Waals surface area (Å²) in [5.41, 5.74) is 0. The quantitative estimate of drug-likeness (QED) is 0.651. The predicted octanol–water partition coefficient (Wildman–Crippen LogP) is -0.415. The van der Waals surface area contributed by atoms with Crippen molar-refractivity contribution >= 4 is 21.7 Å². The Morgan fingerprint density at radius 3 is 2.39 bits per heavy atom. The molecule has 102 valence electrons. The minimum Gasteiger partial charge on any atom is -0.468 e. The van der Waals surface area contributed by atoms with Gasteiger partial charge < -0.3 is 9.64 Å². The Hall–Kier alpha value is -1.11. The molecule has 1 saturated carbocycles. The van der Waals surface area contributed by atoms with Crippen LogP contribution in [0.5, 0.6) is 0 Å². The van der Waals surface area contributed by atoms with Gasteiger partial charge in [-0.1, -0.05) is 0 Å². The number of carbonyl (C=O) groups excluding carboxylic acids is 2. The summed E-state index contributed by atoms with van der Waals surface area (Å²) in [4.78, 5) is 24.8. The van der Waals surface area contributed by atoms with Gasteiger partial charge in [0, 0.05) is 12.0 Å². The van der Waals surface area contributed by atoms with Crippen LogP contribution in [0.4, 0.5) is 0 Å². The Kier molecular flexibility index (Phi) is 3.61. The number of amides is 1. The highest BCUT2D eigenvalue weighted by atomic mass is 32.2. The van der Waals surface area contributed by atoms with E-state index < -0.39 is 15.8 Å². The maximum atomic E-state index is 12.1. The van der Waals surface area contributed by atoms with E-state index in [1.54, 1.807) is 0 Å². The SMILES string of the molecule is COC(=O)CN(C(=O)C1CC1)C1CCS(=O)(=O)C1. The van der Waals surface area contributed by atoms with E-state index in [2.05, 4.69) is 4.74 Å². The first-order chi connectivity index (χ1) is 8.43. The van der Waals surface area contributed by atoms with Crippen LogP contribution in [0.2, 0.25) is 0 Å². The molecule has 0 bridgehead atoms. The van der Waals surface area contributed by atoms with Crippen LogP contribution in [0.3, 0.4) is 0 Å². The van der Waals surface area contributed by atoms with Gasteiger partial charge in [0.25, 0.3) is 0 Å². The normalized spacial score (nSPS) is 25.7. The van der Waals surface area contributed by atoms with Crippen LogP contribution in [0.25, 0.3) is 0 Å². The molecule has 0 radical (unpaired) electrons. The highest BCUT2D eigenvalue weighted by molar-refractivity contribution is 7.91. The van der Waals surface area contributed by atoms with Crippen LogP contribution < -0.4 is 0 Å². The molecular formula is C11H17NO5S. The third-order valence-electron chi connectivity index (χ3n) is 3.39. The van der Waals surface area contributed by atoms with Crippen molar-refractivity contribution in [3.8, 4) is 0 Å². The van der Waals surface area contributed by atoms with Crippen molar-refractivity contribution in [2.75, 3.05) is 25.2 Å². The molecule has 1 heterocycles. The maximum absolute atomic E-state index is 12.1. The Bertz CT molecular complexity index is 454. The van der Waals surface area contributed by atoms with Crippen molar-refractivity contribution in [3.63, 3.8) is 0 Å². The van der Waals surface area contributed by atoms with E-state index in [9.17, 15) is 18.0 Å². The van der Waals surface area contributed by atoms with Gasteiger partial charge in [-0.3, -0.25) is 9.59 Å². The fourth-order valence-electron chi connectivity index (χ4n) is 2.18. The molecule has 0 spiro atoms. The zero-order valence-corrected chi connectivity index (χ0v) is 11.1. The summed E-state index contributed by atoms with van der Waals surface area (Å²) < 4.78 is 27.5. The van der Waals surface area contributed by atoms with E-state index in [1.807, 2.05) is 0 Å². The van der Waals surface area contributed by atoms with Gasteiger partial charge in [0.15, 0.2) is 9.84 Å². The molecule has 1 amide bonds. The summed E-state index contributed by atoms with van der Waals surface area (Å²) in [5, 5.41) is 0. The van der Waals surface area contributed by atoms with Crippen molar-refractivity contribution in [1.82, 2.24) is 4.90 Å². The first-order valence-electron chi connectivity index (χ1n) is 6.00. The van der Waals surface area contributed by atoms with E-state index in [-0.39, 0.29) is 35.9 Å². The average Bonchev–Trinajstić information content (AvgIpc) is 3.10. The lowest BCUT2D eigenvalue weighted by atomic mass is 10.2. The van der Waals surface area contributed by atoms with Gasteiger partial charge in [-0.05, 0) is 19.3 Å². The lowest BCUT2D eigenvalue weighted by Crippen LogP contribution is -2.45. The summed E-state index contributed by atoms with van der Waals surface area (Å²) in [6, 6.07) is -0.373. The summed E-state index contributed by atoms with van der Waals surface area (Å²) in [5.74, 6) is -0.593. The summed E-state index contributed by atoms with van der Waals surface area (Å²) >= 11 is 0. The number of ether oxygens (including phenoxy) is 1. The number of methoxy groups -OCH3 is 1. The van der Waals surface area contributed by atoms with Crippen LogP contribution >= 0.6 is 0 Å². The Morgan fingerprint density at radius 2 is 1.94 bits per heavy atom. The first-order valence-corrected chi connectivity index (χ1v) is 7.83. The average molecular weight is 275 g/mol. The number of nitrogens with zero attached hydrogens (tertiary/aromatic N) is 1. The number of sulfone groups is 1. The molecule has 2 fully saturated rings. The molecule has 18 heavy (non-hydrogen) atoms. The molecule has 0 aromatic carbocycles. The largest absolute Gasteiger partial charge is 0.468 e. The van der Waals surface area contributed by atoms with Crippen LogP contribution in [-0.4, -0.2) is 56.4 Å². The number of hydrogen-bond donors (Lipinski definition) is 0. The van der Waals surface area contributed by atoms with Crippen molar-refractivity contribution in [2.24, 2.45) is 5.92 Å². The van der Waals surface area contributed by atoms with E-state index in [1.165, 1.54) is 12.0 Å². The molecule has 1 atom stereocenters. The molecule has 1 aliphatic carbocycles. The first kappa shape index (κ1) is 13.3. The Morgan fingerprint density at radius 1 is 1.28 bits per heavy atom. The highest BCUT2D eigenvalue weighted by Crippen LogP contribution is 2.32. The topological polar surface area (TPSA) is 80.8 Å². The van der Waals surface area contributed by atoms with Gasteiger partial charge in [-0.2, -0.15) is 0 Å². The van der Waals surface area contributed by atoms with Crippen LogP contribution in [-0.2, 0) is 24.2 Å². The molecule has 0 N–H and O–H groups in total. The molecule has 2 aliphatic rings. The van der Waals surface area contributed by atoms with Gasteiger partial charge in [0.2, 0.25) is 5.91 Å². The van der Waals surface area contributed by atoms with Crippen molar-refractivity contribution in [1.29, 1.82) is 0 Å². The fraction of sp³-hybridized carbons (Fsp3) is 0.818. The van der Waals surface area contributed by atoms with Crippen molar-refractivity contribution in [2.45, 2.75) is 25.3 Å². The molecule has 1 saturated heterocycles. The standard InChI is InChI=1S/C11H17NO5S/c1-17-10(13)6-12(11(14)8-2-3-8)9-4-5-18(15,16)7-9/h8-9H,2-7H2,1H3. The van der Waals surface area contributed by atoms with Gasteiger partial charge in [0.05, 0.1) is 18.6 Å². The molecule has 1 unspecified atom stereocenters. The molecule has 0 aromatic rings. The molecular weight excluding hydrogens is 258 g/mol. The zero-order valence-electron chi connectivity index (χ0n) is 10.3. The Labute approximate surface area is 106 Å². The van der Waals surface area contributed by atoms with Gasteiger partial charge in [0.1, 0.15) is 6.54 Å². The van der Waals surface area contributed by atoms with Crippen molar-refractivity contribution < 1.29 is 22.7 Å². The number of hydrogen-bond acceptors (Lipinski definition) is 5. The zero-order chi connectivity index (χ0) is 13.3. The highest BCUT2D eigenvalue weighted by Gasteiger charge is 2.41. The maximum Gasteiger partial charge on any atom is 0.325 e. The molecule has 2 rings (SSSR count). The summed E-state index contributed by atoms with van der Waals surface area (Å²) in [6.45, 7) is -0.147. The van der Waals surface area contributed by atoms with Gasteiger partial charge in [-0.25, -0.2) is 8.42 Å². The van der Waals surface area contributed by atoms with Crippen molar-refractivity contribution in [3.05, 3.63) is 0 Å². The number of carbonyl (C=O) groups is 2. The Balaban J connectivity index is 2.09. The van der Waals surface area contributed by atoms with Crippen LogP contribution in [0.15, 0.2) is 0 Å². The lowest BCUT2D eigenvalue weighted by molar-refractivity contribution is -0.148. The summed E-state index contributed by atoms with van der Waals surface area (Å²) in [6.07, 6.45) is 2.07. The monoisotopic (exact) mass is 275 g/mol. The fourth-order valence-corrected chi connectivity index (χ4v) is 3.91. The second kappa shape index (κ2) is 4.87. The predicted molar refractivity (Wildman–Crippen MR) is 63.5 cm³/mol. The minimum absolute atomic E-state index is 0.0297. The number of esters is 1. The van der Waals surface area contributed by atoms with Gasteiger partial charge >= 0.3 is 5.97 Å². The lowest BCUT2D eigenvalue weighted by Gasteiger charge is -2.27.